The highest BCUT2D eigenvalue weighted by molar-refractivity contribution is 6.33. The minimum absolute atomic E-state index is 0.280. The van der Waals surface area contributed by atoms with E-state index in [4.69, 9.17) is 21.1 Å². The second-order valence-electron chi connectivity index (χ2n) is 3.01. The van der Waals surface area contributed by atoms with Crippen LogP contribution < -0.4 is 0 Å². The van der Waals surface area contributed by atoms with Gasteiger partial charge in [-0.15, -0.1) is 5.10 Å². The van der Waals surface area contributed by atoms with E-state index in [0.717, 1.165) is 0 Å². The summed E-state index contributed by atoms with van der Waals surface area (Å²) in [5.41, 5.74) is 1.02. The van der Waals surface area contributed by atoms with Gasteiger partial charge in [-0.2, -0.15) is 0 Å². The van der Waals surface area contributed by atoms with Crippen molar-refractivity contribution >= 4 is 22.8 Å². The number of rotatable bonds is 4. The fraction of sp³-hybridized carbons (Fsp3) is 0.500. The molecule has 86 valence electrons. The number of nitrogens with zero attached hydrogens (tertiary/aromatic N) is 5. The van der Waals surface area contributed by atoms with Crippen molar-refractivity contribution in [2.24, 2.45) is 0 Å². The molecule has 0 atom stereocenters. The molecule has 2 rings (SSSR count). The predicted octanol–water partition coefficient (Wildman–Crippen LogP) is 0.494. The second kappa shape index (κ2) is 4.69. The Labute approximate surface area is 96.3 Å². The first kappa shape index (κ1) is 11.2. The van der Waals surface area contributed by atoms with Crippen LogP contribution in [0.25, 0.3) is 11.2 Å². The molecule has 0 N–H and O–H groups in total. The van der Waals surface area contributed by atoms with Crippen LogP contribution >= 0.6 is 11.6 Å². The monoisotopic (exact) mass is 243 g/mol. The Balaban J connectivity index is 2.35. The summed E-state index contributed by atoms with van der Waals surface area (Å²) in [6, 6.07) is 0. The molecule has 0 fully saturated rings. The summed E-state index contributed by atoms with van der Waals surface area (Å²) in [6.45, 7) is 0.386. The van der Waals surface area contributed by atoms with Gasteiger partial charge in [0.15, 0.2) is 22.6 Å². The number of hydrogen-bond acceptors (Lipinski definition) is 6. The summed E-state index contributed by atoms with van der Waals surface area (Å²) in [5, 5.41) is 8.08. The summed E-state index contributed by atoms with van der Waals surface area (Å²) in [6.07, 6.45) is 0.956. The summed E-state index contributed by atoms with van der Waals surface area (Å²) in [5.74, 6) is 0. The highest BCUT2D eigenvalue weighted by Crippen LogP contribution is 2.15. The topological polar surface area (TPSA) is 75.0 Å². The fourth-order valence-corrected chi connectivity index (χ4v) is 1.44. The summed E-state index contributed by atoms with van der Waals surface area (Å²) in [7, 11) is 3.10. The SMILES string of the molecule is COC(Cn1nnc2c(Cl)ncnc21)OC. The van der Waals surface area contributed by atoms with Crippen LogP contribution in [0.2, 0.25) is 5.15 Å². The quantitative estimate of drug-likeness (QED) is 0.575. The minimum Gasteiger partial charge on any atom is -0.354 e. The largest absolute Gasteiger partial charge is 0.354 e. The maximum absolute atomic E-state index is 5.85. The van der Waals surface area contributed by atoms with Crippen LogP contribution in [0.4, 0.5) is 0 Å². The fourth-order valence-electron chi connectivity index (χ4n) is 1.27. The Hall–Kier alpha value is -1.31. The van der Waals surface area contributed by atoms with Gasteiger partial charge in [0.25, 0.3) is 0 Å². The molecule has 2 heterocycles. The van der Waals surface area contributed by atoms with Gasteiger partial charge in [-0.1, -0.05) is 16.8 Å². The molecule has 8 heteroatoms. The molecule has 0 spiro atoms. The van der Waals surface area contributed by atoms with Crippen molar-refractivity contribution in [3.63, 3.8) is 0 Å². The van der Waals surface area contributed by atoms with E-state index in [1.54, 1.807) is 18.9 Å². The molecule has 0 aliphatic carbocycles. The predicted molar refractivity (Wildman–Crippen MR) is 55.9 cm³/mol. The maximum atomic E-state index is 5.85. The van der Waals surface area contributed by atoms with Gasteiger partial charge in [-0.05, 0) is 0 Å². The van der Waals surface area contributed by atoms with E-state index < -0.39 is 6.29 Å². The number of hydrogen-bond donors (Lipinski definition) is 0. The molecule has 0 unspecified atom stereocenters. The third-order valence-electron chi connectivity index (χ3n) is 2.10. The molecule has 0 aliphatic heterocycles. The molecule has 0 bridgehead atoms. The Bertz CT molecular complexity index is 484. The van der Waals surface area contributed by atoms with Gasteiger partial charge in [-0.25, -0.2) is 14.6 Å². The first-order chi connectivity index (χ1) is 7.76. The van der Waals surface area contributed by atoms with Gasteiger partial charge in [-0.3, -0.25) is 0 Å². The van der Waals surface area contributed by atoms with Crippen LogP contribution in [-0.2, 0) is 16.0 Å². The van der Waals surface area contributed by atoms with Gasteiger partial charge < -0.3 is 9.47 Å². The molecule has 0 amide bonds. The van der Waals surface area contributed by atoms with Gasteiger partial charge >= 0.3 is 0 Å². The molecule has 2 aromatic heterocycles. The highest BCUT2D eigenvalue weighted by Gasteiger charge is 2.13. The van der Waals surface area contributed by atoms with Crippen molar-refractivity contribution in [2.75, 3.05) is 14.2 Å². The van der Waals surface area contributed by atoms with E-state index in [9.17, 15) is 0 Å². The zero-order chi connectivity index (χ0) is 11.5. The molecule has 16 heavy (non-hydrogen) atoms. The van der Waals surface area contributed by atoms with Gasteiger partial charge in [0.1, 0.15) is 6.33 Å². The van der Waals surface area contributed by atoms with Crippen molar-refractivity contribution < 1.29 is 9.47 Å². The van der Waals surface area contributed by atoms with E-state index in [-0.39, 0.29) is 5.15 Å². The number of halogens is 1. The van der Waals surface area contributed by atoms with Gasteiger partial charge in [0.05, 0.1) is 6.54 Å². The van der Waals surface area contributed by atoms with Crippen molar-refractivity contribution in [3.05, 3.63) is 11.5 Å². The average Bonchev–Trinajstić information content (AvgIpc) is 2.71. The Morgan fingerprint density at radius 2 is 2.12 bits per heavy atom. The molecule has 0 radical (unpaired) electrons. The van der Waals surface area contributed by atoms with Crippen LogP contribution in [0, 0.1) is 0 Å². The smallest absolute Gasteiger partial charge is 0.183 e. The molecular formula is C8H10ClN5O2. The number of fused-ring (bicyclic) bond motifs is 1. The lowest BCUT2D eigenvalue weighted by Gasteiger charge is -2.12. The first-order valence-electron chi connectivity index (χ1n) is 4.51. The molecule has 0 saturated carbocycles. The Morgan fingerprint density at radius 3 is 2.81 bits per heavy atom. The summed E-state index contributed by atoms with van der Waals surface area (Å²) < 4.78 is 11.7. The summed E-state index contributed by atoms with van der Waals surface area (Å²) in [4.78, 5) is 7.87. The zero-order valence-electron chi connectivity index (χ0n) is 8.79. The molecule has 2 aromatic rings. The van der Waals surface area contributed by atoms with Crippen molar-refractivity contribution in [3.8, 4) is 0 Å². The third kappa shape index (κ3) is 1.97. The van der Waals surface area contributed by atoms with Crippen molar-refractivity contribution in [1.29, 1.82) is 0 Å². The lowest BCUT2D eigenvalue weighted by Crippen LogP contribution is -2.21. The minimum atomic E-state index is -0.404. The van der Waals surface area contributed by atoms with E-state index in [1.165, 1.54) is 6.33 Å². The Morgan fingerprint density at radius 1 is 1.38 bits per heavy atom. The Kier molecular flexibility index (Phi) is 3.28. The highest BCUT2D eigenvalue weighted by atomic mass is 35.5. The summed E-state index contributed by atoms with van der Waals surface area (Å²) >= 11 is 5.85. The van der Waals surface area contributed by atoms with Crippen LogP contribution in [0.1, 0.15) is 0 Å². The lowest BCUT2D eigenvalue weighted by atomic mass is 10.5. The van der Waals surface area contributed by atoms with E-state index in [0.29, 0.717) is 17.7 Å². The third-order valence-corrected chi connectivity index (χ3v) is 2.38. The van der Waals surface area contributed by atoms with Crippen LogP contribution in [0.3, 0.4) is 0 Å². The average molecular weight is 244 g/mol. The van der Waals surface area contributed by atoms with Crippen LogP contribution in [-0.4, -0.2) is 45.5 Å². The van der Waals surface area contributed by atoms with E-state index in [2.05, 4.69) is 20.3 Å². The normalized spacial score (nSPS) is 11.5. The second-order valence-corrected chi connectivity index (χ2v) is 3.37. The standard InChI is InChI=1S/C8H10ClN5O2/c1-15-5(16-2)3-14-8-6(12-13-14)7(9)10-4-11-8/h4-5H,3H2,1-2H3. The molecule has 0 aromatic carbocycles. The number of methoxy groups -OCH3 is 2. The maximum Gasteiger partial charge on any atom is 0.183 e. The van der Waals surface area contributed by atoms with Crippen LogP contribution in [0.15, 0.2) is 6.33 Å². The van der Waals surface area contributed by atoms with Gasteiger partial charge in [0, 0.05) is 14.2 Å². The van der Waals surface area contributed by atoms with Crippen molar-refractivity contribution in [2.45, 2.75) is 12.8 Å². The lowest BCUT2D eigenvalue weighted by molar-refractivity contribution is -0.112. The van der Waals surface area contributed by atoms with E-state index >= 15 is 0 Å². The van der Waals surface area contributed by atoms with Crippen LogP contribution in [0.5, 0.6) is 0 Å². The first-order valence-corrected chi connectivity index (χ1v) is 4.89. The number of ether oxygens (including phenoxy) is 2. The van der Waals surface area contributed by atoms with Gasteiger partial charge in [0.2, 0.25) is 0 Å². The molecule has 7 nitrogen and oxygen atoms in total. The zero-order valence-corrected chi connectivity index (χ0v) is 9.55. The molecular weight excluding hydrogens is 234 g/mol. The van der Waals surface area contributed by atoms with E-state index in [1.807, 2.05) is 0 Å². The number of aromatic nitrogens is 5. The molecule has 0 aliphatic rings. The molecule has 0 saturated heterocycles. The van der Waals surface area contributed by atoms with Crippen molar-refractivity contribution in [1.82, 2.24) is 25.0 Å².